The minimum Gasteiger partial charge on any atom is -0.373 e. The summed E-state index contributed by atoms with van der Waals surface area (Å²) in [6, 6.07) is 1.59. The first-order valence-corrected chi connectivity index (χ1v) is 6.27. The molecule has 0 radical (unpaired) electrons. The number of aromatic nitrogens is 1. The van der Waals surface area contributed by atoms with Crippen molar-refractivity contribution in [1.29, 1.82) is 0 Å². The van der Waals surface area contributed by atoms with Gasteiger partial charge < -0.3 is 15.1 Å². The first-order valence-electron chi connectivity index (χ1n) is 5.89. The first kappa shape index (κ1) is 13.6. The van der Waals surface area contributed by atoms with Crippen LogP contribution in [0, 0.1) is 0 Å². The molecule has 0 unspecified atom stereocenters. The monoisotopic (exact) mass is 282 g/mol. The Balaban J connectivity index is 2.22. The molecule has 1 N–H and O–H groups in total. The van der Waals surface area contributed by atoms with Crippen LogP contribution in [0.2, 0.25) is 5.02 Å². The van der Waals surface area contributed by atoms with E-state index in [0.717, 1.165) is 0 Å². The van der Waals surface area contributed by atoms with E-state index in [-0.39, 0.29) is 23.4 Å². The van der Waals surface area contributed by atoms with Gasteiger partial charge in [0.05, 0.1) is 10.6 Å². The van der Waals surface area contributed by atoms with E-state index < -0.39 is 0 Å². The van der Waals surface area contributed by atoms with Gasteiger partial charge in [-0.05, 0) is 6.07 Å². The smallest absolute Gasteiger partial charge is 0.256 e. The lowest BCUT2D eigenvalue weighted by Gasteiger charge is -2.32. The van der Waals surface area contributed by atoms with Crippen molar-refractivity contribution in [1.82, 2.24) is 14.8 Å². The first-order chi connectivity index (χ1) is 9.02. The molecule has 7 heteroatoms. The lowest BCUT2D eigenvalue weighted by atomic mass is 10.2. The summed E-state index contributed by atoms with van der Waals surface area (Å²) in [5.74, 6) is 0.247. The second-order valence-electron chi connectivity index (χ2n) is 4.34. The van der Waals surface area contributed by atoms with Crippen molar-refractivity contribution in [3.05, 3.63) is 22.8 Å². The average Bonchev–Trinajstić information content (AvgIpc) is 2.41. The quantitative estimate of drug-likeness (QED) is 0.867. The standard InChI is InChI=1S/C12H15ClN4O2/c1-14-10-5-8(9(13)6-15-10)12(19)17-4-3-16(2)11(18)7-17/h5-6H,3-4,7H2,1-2H3,(H,14,15). The normalized spacial score (nSPS) is 15.6. The van der Waals surface area contributed by atoms with E-state index >= 15 is 0 Å². The van der Waals surface area contributed by atoms with E-state index in [4.69, 9.17) is 11.6 Å². The Morgan fingerprint density at radius 2 is 2.21 bits per heavy atom. The highest BCUT2D eigenvalue weighted by Crippen LogP contribution is 2.20. The van der Waals surface area contributed by atoms with Crippen LogP contribution < -0.4 is 5.32 Å². The molecule has 0 bridgehead atoms. The molecule has 2 heterocycles. The van der Waals surface area contributed by atoms with Gasteiger partial charge in [0.25, 0.3) is 5.91 Å². The van der Waals surface area contributed by atoms with Crippen LogP contribution >= 0.6 is 11.6 Å². The number of pyridine rings is 1. The molecule has 102 valence electrons. The van der Waals surface area contributed by atoms with Crippen molar-refractivity contribution in [2.24, 2.45) is 0 Å². The van der Waals surface area contributed by atoms with E-state index in [9.17, 15) is 9.59 Å². The molecule has 2 rings (SSSR count). The molecule has 1 aromatic rings. The Hall–Kier alpha value is -1.82. The Labute approximate surface area is 116 Å². The van der Waals surface area contributed by atoms with Crippen LogP contribution in [0.15, 0.2) is 12.3 Å². The number of nitrogens with one attached hydrogen (secondary N) is 1. The number of carbonyl (C=O) groups excluding carboxylic acids is 2. The molecule has 0 aromatic carbocycles. The Morgan fingerprint density at radius 1 is 1.47 bits per heavy atom. The second kappa shape index (κ2) is 5.44. The van der Waals surface area contributed by atoms with Crippen molar-refractivity contribution < 1.29 is 9.59 Å². The summed E-state index contributed by atoms with van der Waals surface area (Å²) in [6.07, 6.45) is 1.43. The summed E-state index contributed by atoms with van der Waals surface area (Å²) in [6.45, 7) is 1.13. The van der Waals surface area contributed by atoms with Gasteiger partial charge in [0.2, 0.25) is 5.91 Å². The maximum atomic E-state index is 12.4. The van der Waals surface area contributed by atoms with Crippen LogP contribution in [-0.4, -0.2) is 60.3 Å². The summed E-state index contributed by atoms with van der Waals surface area (Å²) < 4.78 is 0. The number of anilines is 1. The lowest BCUT2D eigenvalue weighted by Crippen LogP contribution is -2.50. The van der Waals surface area contributed by atoms with Crippen molar-refractivity contribution in [3.8, 4) is 0 Å². The maximum absolute atomic E-state index is 12.4. The highest BCUT2D eigenvalue weighted by Gasteiger charge is 2.27. The predicted octanol–water partition coefficient (Wildman–Crippen LogP) is 0.691. The highest BCUT2D eigenvalue weighted by atomic mass is 35.5. The number of rotatable bonds is 2. The number of nitrogens with zero attached hydrogens (tertiary/aromatic N) is 3. The van der Waals surface area contributed by atoms with E-state index in [2.05, 4.69) is 10.3 Å². The van der Waals surface area contributed by atoms with Crippen molar-refractivity contribution in [2.45, 2.75) is 0 Å². The summed E-state index contributed by atoms with van der Waals surface area (Å²) in [5.41, 5.74) is 0.360. The van der Waals surface area contributed by atoms with Crippen LogP contribution in [-0.2, 0) is 4.79 Å². The van der Waals surface area contributed by atoms with E-state index in [1.807, 2.05) is 0 Å². The minimum atomic E-state index is -0.245. The van der Waals surface area contributed by atoms with E-state index in [1.165, 1.54) is 11.1 Å². The van der Waals surface area contributed by atoms with Gasteiger partial charge in [0.1, 0.15) is 12.4 Å². The number of amides is 2. The molecule has 0 aliphatic carbocycles. The molecule has 6 nitrogen and oxygen atoms in total. The maximum Gasteiger partial charge on any atom is 0.256 e. The lowest BCUT2D eigenvalue weighted by molar-refractivity contribution is -0.133. The van der Waals surface area contributed by atoms with Crippen LogP contribution in [0.25, 0.3) is 0 Å². The molecular formula is C12H15ClN4O2. The fraction of sp³-hybridized carbons (Fsp3) is 0.417. The zero-order chi connectivity index (χ0) is 14.0. The zero-order valence-electron chi connectivity index (χ0n) is 10.8. The Morgan fingerprint density at radius 3 is 2.84 bits per heavy atom. The largest absolute Gasteiger partial charge is 0.373 e. The third-order valence-corrected chi connectivity index (χ3v) is 3.39. The summed E-state index contributed by atoms with van der Waals surface area (Å²) in [5, 5.41) is 3.14. The van der Waals surface area contributed by atoms with Crippen molar-refractivity contribution in [3.63, 3.8) is 0 Å². The molecule has 1 saturated heterocycles. The van der Waals surface area contributed by atoms with Gasteiger partial charge in [0.15, 0.2) is 0 Å². The van der Waals surface area contributed by atoms with Gasteiger partial charge in [-0.2, -0.15) is 0 Å². The van der Waals surface area contributed by atoms with Gasteiger partial charge in [-0.25, -0.2) is 4.98 Å². The Bertz CT molecular complexity index is 520. The molecule has 0 saturated carbocycles. The molecule has 1 aliphatic heterocycles. The minimum absolute atomic E-state index is 0.0707. The second-order valence-corrected chi connectivity index (χ2v) is 4.75. The van der Waals surface area contributed by atoms with Crippen LogP contribution in [0.3, 0.4) is 0 Å². The molecule has 0 atom stereocenters. The van der Waals surface area contributed by atoms with Gasteiger partial charge in [-0.3, -0.25) is 9.59 Å². The predicted molar refractivity (Wildman–Crippen MR) is 72.3 cm³/mol. The van der Waals surface area contributed by atoms with E-state index in [0.29, 0.717) is 24.5 Å². The average molecular weight is 283 g/mol. The molecule has 19 heavy (non-hydrogen) atoms. The number of carbonyl (C=O) groups is 2. The molecule has 2 amide bonds. The van der Waals surface area contributed by atoms with Crippen molar-refractivity contribution in [2.75, 3.05) is 39.0 Å². The fourth-order valence-corrected chi connectivity index (χ4v) is 2.03. The summed E-state index contributed by atoms with van der Waals surface area (Å²) in [7, 11) is 3.44. The zero-order valence-corrected chi connectivity index (χ0v) is 11.6. The van der Waals surface area contributed by atoms with E-state index in [1.54, 1.807) is 25.1 Å². The fourth-order valence-electron chi connectivity index (χ4n) is 1.84. The number of hydrogen-bond acceptors (Lipinski definition) is 4. The summed E-state index contributed by atoms with van der Waals surface area (Å²) >= 11 is 6.00. The number of hydrogen-bond donors (Lipinski definition) is 1. The highest BCUT2D eigenvalue weighted by molar-refractivity contribution is 6.33. The summed E-state index contributed by atoms with van der Waals surface area (Å²) in [4.78, 5) is 31.1. The Kier molecular flexibility index (Phi) is 3.90. The third-order valence-electron chi connectivity index (χ3n) is 3.09. The van der Waals surface area contributed by atoms with Crippen LogP contribution in [0.4, 0.5) is 5.82 Å². The van der Waals surface area contributed by atoms with Gasteiger partial charge in [-0.1, -0.05) is 11.6 Å². The van der Waals surface area contributed by atoms with Crippen LogP contribution in [0.5, 0.6) is 0 Å². The van der Waals surface area contributed by atoms with Gasteiger partial charge in [0, 0.05) is 33.4 Å². The van der Waals surface area contributed by atoms with Crippen molar-refractivity contribution >= 4 is 29.2 Å². The SMILES string of the molecule is CNc1cc(C(=O)N2CCN(C)C(=O)C2)c(Cl)cn1. The van der Waals surface area contributed by atoms with Gasteiger partial charge in [-0.15, -0.1) is 0 Å². The number of likely N-dealkylation sites (N-methyl/N-ethyl adjacent to an activating group) is 1. The number of piperazine rings is 1. The van der Waals surface area contributed by atoms with Crippen LogP contribution in [0.1, 0.15) is 10.4 Å². The molecule has 0 spiro atoms. The van der Waals surface area contributed by atoms with Gasteiger partial charge >= 0.3 is 0 Å². The number of halogens is 1. The third kappa shape index (κ3) is 2.78. The molecular weight excluding hydrogens is 268 g/mol. The molecule has 1 aromatic heterocycles. The topological polar surface area (TPSA) is 65.5 Å². The molecule has 1 aliphatic rings. The molecule has 1 fully saturated rings.